The van der Waals surface area contributed by atoms with Gasteiger partial charge in [-0.2, -0.15) is 4.31 Å². The van der Waals surface area contributed by atoms with Crippen LogP contribution < -0.4 is 14.5 Å². The summed E-state index contributed by atoms with van der Waals surface area (Å²) in [6.45, 7) is 9.94. The molecule has 8 nitrogen and oxygen atoms in total. The van der Waals surface area contributed by atoms with E-state index in [4.69, 9.17) is 4.74 Å². The van der Waals surface area contributed by atoms with Gasteiger partial charge in [0, 0.05) is 46.3 Å². The monoisotopic (exact) mass is 447 g/mol. The molecule has 1 fully saturated rings. The molecule has 2 heterocycles. The van der Waals surface area contributed by atoms with E-state index >= 15 is 0 Å². The Morgan fingerprint density at radius 2 is 1.68 bits per heavy atom. The number of nitrogens with zero attached hydrogens (tertiary/aromatic N) is 5. The molecule has 0 spiro atoms. The van der Waals surface area contributed by atoms with E-state index in [1.807, 2.05) is 38.1 Å². The zero-order valence-electron chi connectivity index (χ0n) is 19.5. The van der Waals surface area contributed by atoms with Crippen LogP contribution in [0.25, 0.3) is 0 Å². The Morgan fingerprint density at radius 3 is 2.23 bits per heavy atom. The molecule has 0 radical (unpaired) electrons. The fraction of sp³-hybridized carbons (Fsp3) is 0.545. The summed E-state index contributed by atoms with van der Waals surface area (Å²) < 4.78 is 33.9. The molecule has 0 atom stereocenters. The zero-order chi connectivity index (χ0) is 23.0. The van der Waals surface area contributed by atoms with E-state index < -0.39 is 10.0 Å². The predicted octanol–water partition coefficient (Wildman–Crippen LogP) is 2.67. The average Bonchev–Trinajstić information content (AvgIpc) is 2.72. The number of anilines is 2. The summed E-state index contributed by atoms with van der Waals surface area (Å²) in [5, 5.41) is 0. The minimum Gasteiger partial charge on any atom is -0.495 e. The lowest BCUT2D eigenvalue weighted by atomic mass is 9.87. The summed E-state index contributed by atoms with van der Waals surface area (Å²) >= 11 is 0. The van der Waals surface area contributed by atoms with Gasteiger partial charge >= 0.3 is 0 Å². The number of aryl methyl sites for hydroxylation is 1. The molecular formula is C22H33N5O3S. The third kappa shape index (κ3) is 4.93. The number of rotatable bonds is 5. The van der Waals surface area contributed by atoms with Crippen LogP contribution in [0.2, 0.25) is 0 Å². The van der Waals surface area contributed by atoms with Crippen molar-refractivity contribution in [1.82, 2.24) is 14.3 Å². The molecule has 31 heavy (non-hydrogen) atoms. The number of ether oxygens (including phenoxy) is 1. The maximum absolute atomic E-state index is 13.5. The quantitative estimate of drug-likeness (QED) is 0.697. The predicted molar refractivity (Wildman–Crippen MR) is 124 cm³/mol. The summed E-state index contributed by atoms with van der Waals surface area (Å²) in [6, 6.07) is 7.36. The molecule has 3 rings (SSSR count). The Bertz CT molecular complexity index is 1040. The first kappa shape index (κ1) is 23.3. The average molecular weight is 448 g/mol. The SMILES string of the molecule is COc1ccc(C(C)(C)C)cc1S(=O)(=O)N1CCN(c2cc(N(C)C)nc(C)n2)CC1. The molecule has 1 aromatic heterocycles. The van der Waals surface area contributed by atoms with Crippen LogP contribution in [0.5, 0.6) is 5.75 Å². The molecule has 1 aliphatic rings. The minimum atomic E-state index is -3.68. The number of hydrogen-bond donors (Lipinski definition) is 0. The van der Waals surface area contributed by atoms with Gasteiger partial charge in [-0.05, 0) is 30.0 Å². The fourth-order valence-corrected chi connectivity index (χ4v) is 5.17. The molecule has 170 valence electrons. The standard InChI is InChI=1S/C22H33N5O3S/c1-16-23-20(25(5)6)15-21(24-16)26-10-12-27(13-11-26)31(28,29)19-14-17(22(2,3)4)8-9-18(19)30-7/h8-9,14-15H,10-13H2,1-7H3. The van der Waals surface area contributed by atoms with Gasteiger partial charge in [-0.3, -0.25) is 0 Å². The Hall–Kier alpha value is -2.39. The minimum absolute atomic E-state index is 0.162. The van der Waals surface area contributed by atoms with Gasteiger partial charge in [-0.15, -0.1) is 0 Å². The van der Waals surface area contributed by atoms with Crippen LogP contribution in [-0.2, 0) is 15.4 Å². The van der Waals surface area contributed by atoms with Gasteiger partial charge in [0.25, 0.3) is 0 Å². The van der Waals surface area contributed by atoms with E-state index in [1.54, 1.807) is 12.1 Å². The van der Waals surface area contributed by atoms with Crippen molar-refractivity contribution in [2.45, 2.75) is 38.0 Å². The van der Waals surface area contributed by atoms with Crippen molar-refractivity contribution in [3.05, 3.63) is 35.7 Å². The second-order valence-corrected chi connectivity index (χ2v) is 10.9. The molecule has 9 heteroatoms. The first-order chi connectivity index (χ1) is 14.4. The largest absolute Gasteiger partial charge is 0.495 e. The van der Waals surface area contributed by atoms with Crippen molar-refractivity contribution in [2.24, 2.45) is 0 Å². The van der Waals surface area contributed by atoms with Gasteiger partial charge in [0.05, 0.1) is 7.11 Å². The smallest absolute Gasteiger partial charge is 0.246 e. The van der Waals surface area contributed by atoms with Gasteiger partial charge in [0.2, 0.25) is 10.0 Å². The van der Waals surface area contributed by atoms with Gasteiger partial charge in [0.15, 0.2) is 0 Å². The summed E-state index contributed by atoms with van der Waals surface area (Å²) in [5.41, 5.74) is 0.794. The highest BCUT2D eigenvalue weighted by molar-refractivity contribution is 7.89. The summed E-state index contributed by atoms with van der Waals surface area (Å²) in [4.78, 5) is 13.3. The number of aromatic nitrogens is 2. The lowest BCUT2D eigenvalue weighted by Gasteiger charge is -2.35. The van der Waals surface area contributed by atoms with Crippen LogP contribution in [0.15, 0.2) is 29.2 Å². The van der Waals surface area contributed by atoms with Crippen molar-refractivity contribution in [1.29, 1.82) is 0 Å². The van der Waals surface area contributed by atoms with Gasteiger partial charge in [0.1, 0.15) is 28.1 Å². The molecule has 0 bridgehead atoms. The van der Waals surface area contributed by atoms with E-state index in [-0.39, 0.29) is 10.3 Å². The molecule has 0 unspecified atom stereocenters. The van der Waals surface area contributed by atoms with Gasteiger partial charge in [-0.25, -0.2) is 18.4 Å². The van der Waals surface area contributed by atoms with Crippen LogP contribution >= 0.6 is 0 Å². The van der Waals surface area contributed by atoms with Crippen LogP contribution in [0.3, 0.4) is 0 Å². The first-order valence-corrected chi connectivity index (χ1v) is 11.8. The van der Waals surface area contributed by atoms with Crippen molar-refractivity contribution in [3.63, 3.8) is 0 Å². The fourth-order valence-electron chi connectivity index (χ4n) is 3.57. The molecule has 1 aromatic carbocycles. The third-order valence-electron chi connectivity index (χ3n) is 5.48. The maximum Gasteiger partial charge on any atom is 0.246 e. The second-order valence-electron chi connectivity index (χ2n) is 9.03. The summed E-state index contributed by atoms with van der Waals surface area (Å²) in [6.07, 6.45) is 0. The number of benzene rings is 1. The van der Waals surface area contributed by atoms with Gasteiger partial charge in [-0.1, -0.05) is 26.8 Å². The highest BCUT2D eigenvalue weighted by atomic mass is 32.2. The number of methoxy groups -OCH3 is 1. The lowest BCUT2D eigenvalue weighted by molar-refractivity contribution is 0.373. The molecule has 1 aliphatic heterocycles. The van der Waals surface area contributed by atoms with Crippen LogP contribution in [0.4, 0.5) is 11.6 Å². The molecule has 0 saturated carbocycles. The summed E-state index contributed by atoms with van der Waals surface area (Å²) in [7, 11) is 1.70. The van der Waals surface area contributed by atoms with E-state index in [9.17, 15) is 8.42 Å². The molecule has 1 saturated heterocycles. The molecule has 0 aliphatic carbocycles. The molecule has 0 amide bonds. The van der Waals surface area contributed by atoms with Gasteiger partial charge < -0.3 is 14.5 Å². The van der Waals surface area contributed by atoms with Crippen molar-refractivity contribution in [2.75, 3.05) is 57.2 Å². The lowest BCUT2D eigenvalue weighted by Crippen LogP contribution is -2.49. The van der Waals surface area contributed by atoms with E-state index in [1.165, 1.54) is 11.4 Å². The van der Waals surface area contributed by atoms with E-state index in [2.05, 4.69) is 35.6 Å². The molecule has 2 aromatic rings. The zero-order valence-corrected chi connectivity index (χ0v) is 20.3. The molecule has 0 N–H and O–H groups in total. The number of sulfonamides is 1. The van der Waals surface area contributed by atoms with Crippen molar-refractivity contribution < 1.29 is 13.2 Å². The first-order valence-electron chi connectivity index (χ1n) is 10.4. The third-order valence-corrected chi connectivity index (χ3v) is 7.40. The van der Waals surface area contributed by atoms with Crippen LogP contribution in [-0.4, -0.2) is 70.1 Å². The topological polar surface area (TPSA) is 78.9 Å². The van der Waals surface area contributed by atoms with E-state index in [0.29, 0.717) is 37.8 Å². The number of piperazine rings is 1. The van der Waals surface area contributed by atoms with Crippen LogP contribution in [0.1, 0.15) is 32.2 Å². The molecular weight excluding hydrogens is 414 g/mol. The Labute approximate surface area is 185 Å². The second kappa shape index (κ2) is 8.63. The summed E-state index contributed by atoms with van der Waals surface area (Å²) in [5.74, 6) is 2.72. The normalized spacial score (nSPS) is 15.8. The highest BCUT2D eigenvalue weighted by Crippen LogP contribution is 2.33. The number of hydrogen-bond acceptors (Lipinski definition) is 7. The Balaban J connectivity index is 1.84. The maximum atomic E-state index is 13.5. The highest BCUT2D eigenvalue weighted by Gasteiger charge is 2.32. The van der Waals surface area contributed by atoms with Crippen molar-refractivity contribution >= 4 is 21.7 Å². The van der Waals surface area contributed by atoms with Crippen molar-refractivity contribution in [3.8, 4) is 5.75 Å². The Kier molecular flexibility index (Phi) is 6.48. The Morgan fingerprint density at radius 1 is 1.03 bits per heavy atom. The van der Waals surface area contributed by atoms with Crippen LogP contribution in [0, 0.1) is 6.92 Å². The van der Waals surface area contributed by atoms with E-state index in [0.717, 1.165) is 17.2 Å².